The fraction of sp³-hybridized carbons (Fsp3) is 0.0909. The molecule has 17 heavy (non-hydrogen) atoms. The van der Waals surface area contributed by atoms with Gasteiger partial charge in [0.05, 0.1) is 18.3 Å². The van der Waals surface area contributed by atoms with E-state index in [1.165, 1.54) is 35.3 Å². The lowest BCUT2D eigenvalue weighted by Gasteiger charge is -2.04. The molecular formula is C11H8ClFN2O2. The van der Waals surface area contributed by atoms with Gasteiger partial charge in [-0.25, -0.2) is 9.18 Å². The zero-order valence-electron chi connectivity index (χ0n) is 8.60. The normalized spacial score (nSPS) is 10.5. The Bertz CT molecular complexity index is 568. The largest absolute Gasteiger partial charge is 0.478 e. The Kier molecular flexibility index (Phi) is 3.10. The number of aromatic nitrogens is 2. The zero-order valence-corrected chi connectivity index (χ0v) is 9.36. The van der Waals surface area contributed by atoms with Crippen molar-refractivity contribution in [3.63, 3.8) is 0 Å². The molecule has 0 saturated carbocycles. The number of hydrogen-bond donors (Lipinski definition) is 1. The summed E-state index contributed by atoms with van der Waals surface area (Å²) in [4.78, 5) is 10.6. The van der Waals surface area contributed by atoms with Crippen molar-refractivity contribution in [2.24, 2.45) is 0 Å². The van der Waals surface area contributed by atoms with Gasteiger partial charge < -0.3 is 5.11 Å². The number of carboxylic acid groups (broad SMARTS) is 1. The molecule has 6 heteroatoms. The van der Waals surface area contributed by atoms with Crippen LogP contribution in [0.5, 0.6) is 0 Å². The summed E-state index contributed by atoms with van der Waals surface area (Å²) in [6.45, 7) is 0.226. The van der Waals surface area contributed by atoms with Crippen molar-refractivity contribution in [2.45, 2.75) is 6.54 Å². The first-order chi connectivity index (χ1) is 8.06. The molecule has 1 N–H and O–H groups in total. The summed E-state index contributed by atoms with van der Waals surface area (Å²) in [5.41, 5.74) is 0.629. The molecule has 1 heterocycles. The quantitative estimate of drug-likeness (QED) is 0.915. The molecule has 2 rings (SSSR count). The second-order valence-electron chi connectivity index (χ2n) is 3.47. The average molecular weight is 255 g/mol. The first kappa shape index (κ1) is 11.6. The predicted molar refractivity (Wildman–Crippen MR) is 59.7 cm³/mol. The highest BCUT2D eigenvalue weighted by atomic mass is 35.5. The van der Waals surface area contributed by atoms with Crippen LogP contribution in [-0.4, -0.2) is 20.9 Å². The first-order valence-corrected chi connectivity index (χ1v) is 5.14. The van der Waals surface area contributed by atoms with E-state index >= 15 is 0 Å². The third kappa shape index (κ3) is 2.62. The van der Waals surface area contributed by atoms with Crippen LogP contribution >= 0.6 is 11.6 Å². The third-order valence-electron chi connectivity index (χ3n) is 2.22. The number of halogens is 2. The van der Waals surface area contributed by atoms with Gasteiger partial charge >= 0.3 is 5.97 Å². The van der Waals surface area contributed by atoms with Crippen molar-refractivity contribution >= 4 is 17.6 Å². The minimum absolute atomic E-state index is 0.0810. The van der Waals surface area contributed by atoms with Crippen LogP contribution in [0.1, 0.15) is 15.9 Å². The topological polar surface area (TPSA) is 55.1 Å². The van der Waals surface area contributed by atoms with Crippen molar-refractivity contribution < 1.29 is 14.3 Å². The maximum atomic E-state index is 13.0. The van der Waals surface area contributed by atoms with Crippen molar-refractivity contribution in [2.75, 3.05) is 0 Å². The Morgan fingerprint density at radius 3 is 2.94 bits per heavy atom. The monoisotopic (exact) mass is 254 g/mol. The number of rotatable bonds is 3. The van der Waals surface area contributed by atoms with Gasteiger partial charge in [-0.05, 0) is 23.8 Å². The molecular weight excluding hydrogens is 247 g/mol. The fourth-order valence-corrected chi connectivity index (χ4v) is 1.58. The van der Waals surface area contributed by atoms with E-state index in [-0.39, 0.29) is 12.1 Å². The van der Waals surface area contributed by atoms with E-state index in [0.717, 1.165) is 0 Å². The molecule has 88 valence electrons. The van der Waals surface area contributed by atoms with Gasteiger partial charge in [0.25, 0.3) is 0 Å². The van der Waals surface area contributed by atoms with Gasteiger partial charge in [-0.1, -0.05) is 11.6 Å². The molecule has 0 spiro atoms. The summed E-state index contributed by atoms with van der Waals surface area (Å²) < 4.78 is 14.4. The minimum Gasteiger partial charge on any atom is -0.478 e. The van der Waals surface area contributed by atoms with Crippen LogP contribution in [0.3, 0.4) is 0 Å². The standard InChI is InChI=1S/C11H8ClFN2O2/c12-10-2-1-9(13)3-7(10)5-15-6-8(4-14-15)11(16)17/h1-4,6H,5H2,(H,16,17). The lowest BCUT2D eigenvalue weighted by Crippen LogP contribution is -2.01. The molecule has 0 amide bonds. The third-order valence-corrected chi connectivity index (χ3v) is 2.59. The van der Waals surface area contributed by atoms with Crippen LogP contribution in [0, 0.1) is 5.82 Å². The maximum Gasteiger partial charge on any atom is 0.338 e. The molecule has 0 radical (unpaired) electrons. The molecule has 0 fully saturated rings. The Morgan fingerprint density at radius 1 is 1.53 bits per heavy atom. The number of nitrogens with zero attached hydrogens (tertiary/aromatic N) is 2. The van der Waals surface area contributed by atoms with Crippen LogP contribution < -0.4 is 0 Å². The second-order valence-corrected chi connectivity index (χ2v) is 3.87. The van der Waals surface area contributed by atoms with Gasteiger partial charge in [-0.2, -0.15) is 5.10 Å². The van der Waals surface area contributed by atoms with Crippen molar-refractivity contribution in [3.05, 3.63) is 52.6 Å². The van der Waals surface area contributed by atoms with E-state index in [2.05, 4.69) is 5.10 Å². The summed E-state index contributed by atoms with van der Waals surface area (Å²) in [5, 5.41) is 13.0. The number of carbonyl (C=O) groups is 1. The van der Waals surface area contributed by atoms with Crippen molar-refractivity contribution in [1.82, 2.24) is 9.78 Å². The van der Waals surface area contributed by atoms with Crippen LogP contribution in [0.25, 0.3) is 0 Å². The van der Waals surface area contributed by atoms with Gasteiger partial charge in [0, 0.05) is 11.2 Å². The van der Waals surface area contributed by atoms with Crippen LogP contribution in [0.15, 0.2) is 30.6 Å². The molecule has 0 bridgehead atoms. The molecule has 2 aromatic rings. The summed E-state index contributed by atoms with van der Waals surface area (Å²) in [7, 11) is 0. The van der Waals surface area contributed by atoms with Crippen LogP contribution in [0.4, 0.5) is 4.39 Å². The molecule has 0 aliphatic carbocycles. The number of aromatic carboxylic acids is 1. The lowest BCUT2D eigenvalue weighted by atomic mass is 10.2. The van der Waals surface area contributed by atoms with Gasteiger partial charge in [0.15, 0.2) is 0 Å². The van der Waals surface area contributed by atoms with Crippen molar-refractivity contribution in [1.29, 1.82) is 0 Å². The van der Waals surface area contributed by atoms with E-state index in [1.807, 2.05) is 0 Å². The van der Waals surface area contributed by atoms with E-state index in [1.54, 1.807) is 0 Å². The Labute approximate surface area is 101 Å². The van der Waals surface area contributed by atoms with E-state index in [4.69, 9.17) is 16.7 Å². The van der Waals surface area contributed by atoms with Crippen LogP contribution in [0.2, 0.25) is 5.02 Å². The summed E-state index contributed by atoms with van der Waals surface area (Å²) in [6, 6.07) is 4.01. The van der Waals surface area contributed by atoms with E-state index < -0.39 is 11.8 Å². The van der Waals surface area contributed by atoms with Gasteiger partial charge in [-0.3, -0.25) is 4.68 Å². The molecule has 0 aliphatic rings. The fourth-order valence-electron chi connectivity index (χ4n) is 1.40. The van der Waals surface area contributed by atoms with E-state index in [9.17, 15) is 9.18 Å². The second kappa shape index (κ2) is 4.55. The molecule has 0 atom stereocenters. The summed E-state index contributed by atoms with van der Waals surface area (Å²) in [6.07, 6.45) is 2.60. The highest BCUT2D eigenvalue weighted by Gasteiger charge is 2.08. The molecule has 4 nitrogen and oxygen atoms in total. The maximum absolute atomic E-state index is 13.0. The van der Waals surface area contributed by atoms with Crippen molar-refractivity contribution in [3.8, 4) is 0 Å². The zero-order chi connectivity index (χ0) is 12.4. The smallest absolute Gasteiger partial charge is 0.338 e. The molecule has 0 unspecified atom stereocenters. The number of benzene rings is 1. The summed E-state index contributed by atoms with van der Waals surface area (Å²) >= 11 is 5.89. The Morgan fingerprint density at radius 2 is 2.29 bits per heavy atom. The highest BCUT2D eigenvalue weighted by molar-refractivity contribution is 6.31. The molecule has 0 aliphatic heterocycles. The lowest BCUT2D eigenvalue weighted by molar-refractivity contribution is 0.0697. The molecule has 1 aromatic heterocycles. The van der Waals surface area contributed by atoms with Gasteiger partial charge in [-0.15, -0.1) is 0 Å². The number of carboxylic acids is 1. The van der Waals surface area contributed by atoms with Gasteiger partial charge in [0.2, 0.25) is 0 Å². The first-order valence-electron chi connectivity index (χ1n) is 4.76. The van der Waals surface area contributed by atoms with Crippen LogP contribution in [-0.2, 0) is 6.54 Å². The van der Waals surface area contributed by atoms with Gasteiger partial charge in [0.1, 0.15) is 5.82 Å². The Hall–Kier alpha value is -1.88. The Balaban J connectivity index is 2.25. The minimum atomic E-state index is -1.05. The molecule has 1 aromatic carbocycles. The molecule has 0 saturated heterocycles. The number of hydrogen-bond acceptors (Lipinski definition) is 2. The SMILES string of the molecule is O=C(O)c1cnn(Cc2cc(F)ccc2Cl)c1. The predicted octanol–water partition coefficient (Wildman–Crippen LogP) is 2.42. The average Bonchev–Trinajstić information content (AvgIpc) is 2.72. The highest BCUT2D eigenvalue weighted by Crippen LogP contribution is 2.18. The van der Waals surface area contributed by atoms with E-state index in [0.29, 0.717) is 10.6 Å². The summed E-state index contributed by atoms with van der Waals surface area (Å²) in [5.74, 6) is -1.45.